The Hall–Kier alpha value is -1.65. The number of hydrogen-bond donors (Lipinski definition) is 0. The highest BCUT2D eigenvalue weighted by Gasteiger charge is 2.18. The average molecular weight is 270 g/mol. The highest BCUT2D eigenvalue weighted by Crippen LogP contribution is 2.29. The highest BCUT2D eigenvalue weighted by molar-refractivity contribution is 5.80. The second-order valence-electron chi connectivity index (χ2n) is 4.65. The molecule has 104 valence electrons. The van der Waals surface area contributed by atoms with Crippen LogP contribution in [0.15, 0.2) is 18.2 Å². The minimum atomic E-state index is -2.85. The van der Waals surface area contributed by atoms with Gasteiger partial charge in [0.1, 0.15) is 17.3 Å². The van der Waals surface area contributed by atoms with Crippen LogP contribution in [0, 0.1) is 5.92 Å². The Kier molecular flexibility index (Phi) is 4.35. The lowest BCUT2D eigenvalue weighted by Gasteiger charge is -2.12. The molecule has 0 saturated carbocycles. The van der Waals surface area contributed by atoms with Crippen molar-refractivity contribution in [2.45, 2.75) is 32.8 Å². The van der Waals surface area contributed by atoms with Crippen LogP contribution in [0.4, 0.5) is 8.78 Å². The lowest BCUT2D eigenvalue weighted by Crippen LogP contribution is -2.13. The van der Waals surface area contributed by atoms with Crippen molar-refractivity contribution in [3.63, 3.8) is 0 Å². The molecular weight excluding hydrogens is 254 g/mol. The summed E-state index contributed by atoms with van der Waals surface area (Å²) in [5, 5.41) is 0. The zero-order valence-electron chi connectivity index (χ0n) is 10.7. The number of ketones is 1. The molecule has 1 aliphatic rings. The summed E-state index contributed by atoms with van der Waals surface area (Å²) in [6.45, 7) is -0.674. The number of hydrogen-bond acceptors (Lipinski definition) is 3. The molecule has 1 heterocycles. The zero-order chi connectivity index (χ0) is 13.8. The molecule has 1 aliphatic heterocycles. The smallest absolute Gasteiger partial charge is 0.387 e. The molecule has 0 aliphatic carbocycles. The van der Waals surface area contributed by atoms with Gasteiger partial charge in [0.25, 0.3) is 0 Å². The summed E-state index contributed by atoms with van der Waals surface area (Å²) in [5.41, 5.74) is 0.920. The van der Waals surface area contributed by atoms with E-state index < -0.39 is 6.61 Å². The Morgan fingerprint density at radius 3 is 2.89 bits per heavy atom. The molecule has 1 atom stereocenters. The predicted molar refractivity (Wildman–Crippen MR) is 65.7 cm³/mol. The molecule has 0 aromatic heterocycles. The SMILES string of the molecule is CC1CCc2ccc(OC(F)F)cc2OCCC1=O. The van der Waals surface area contributed by atoms with Crippen molar-refractivity contribution in [1.29, 1.82) is 0 Å². The molecule has 0 amide bonds. The Morgan fingerprint density at radius 2 is 2.16 bits per heavy atom. The van der Waals surface area contributed by atoms with Gasteiger partial charge in [0.2, 0.25) is 0 Å². The summed E-state index contributed by atoms with van der Waals surface area (Å²) >= 11 is 0. The standard InChI is InChI=1S/C14H16F2O3/c1-9-2-3-10-4-5-11(19-14(15)16)8-13(10)18-7-6-12(9)17/h4-5,8-9,14H,2-3,6-7H2,1H3. The maximum atomic E-state index is 12.2. The lowest BCUT2D eigenvalue weighted by molar-refractivity contribution is -0.122. The number of ether oxygens (including phenoxy) is 2. The average Bonchev–Trinajstić information content (AvgIpc) is 2.41. The van der Waals surface area contributed by atoms with Crippen molar-refractivity contribution in [1.82, 2.24) is 0 Å². The van der Waals surface area contributed by atoms with E-state index in [0.29, 0.717) is 18.6 Å². The van der Waals surface area contributed by atoms with Crippen LogP contribution in [0.3, 0.4) is 0 Å². The minimum absolute atomic E-state index is 0.00606. The number of carbonyl (C=O) groups is 1. The van der Waals surface area contributed by atoms with Crippen LogP contribution >= 0.6 is 0 Å². The van der Waals surface area contributed by atoms with Crippen LogP contribution in [0.25, 0.3) is 0 Å². The van der Waals surface area contributed by atoms with Gasteiger partial charge >= 0.3 is 6.61 Å². The lowest BCUT2D eigenvalue weighted by atomic mass is 9.96. The van der Waals surface area contributed by atoms with E-state index in [9.17, 15) is 13.6 Å². The summed E-state index contributed by atoms with van der Waals surface area (Å²) in [4.78, 5) is 11.7. The number of benzene rings is 1. The van der Waals surface area contributed by atoms with Gasteiger partial charge in [0, 0.05) is 18.4 Å². The van der Waals surface area contributed by atoms with Crippen LogP contribution in [0.1, 0.15) is 25.3 Å². The third-order valence-electron chi connectivity index (χ3n) is 3.27. The van der Waals surface area contributed by atoms with E-state index in [1.807, 2.05) is 6.92 Å². The maximum Gasteiger partial charge on any atom is 0.387 e. The topological polar surface area (TPSA) is 35.5 Å². The quantitative estimate of drug-likeness (QED) is 0.827. The van der Waals surface area contributed by atoms with Crippen LogP contribution in [-0.2, 0) is 11.2 Å². The summed E-state index contributed by atoms with van der Waals surface area (Å²) in [5.74, 6) is 0.788. The van der Waals surface area contributed by atoms with Gasteiger partial charge in [-0.3, -0.25) is 4.79 Å². The van der Waals surface area contributed by atoms with Gasteiger partial charge in [-0.05, 0) is 24.5 Å². The first kappa shape index (κ1) is 13.8. The van der Waals surface area contributed by atoms with E-state index in [2.05, 4.69) is 4.74 Å². The number of alkyl halides is 2. The Balaban J connectivity index is 2.19. The number of halogens is 2. The Labute approximate surface area is 110 Å². The molecule has 0 N–H and O–H groups in total. The second kappa shape index (κ2) is 5.99. The minimum Gasteiger partial charge on any atom is -0.493 e. The molecule has 3 nitrogen and oxygen atoms in total. The van der Waals surface area contributed by atoms with E-state index in [-0.39, 0.29) is 24.1 Å². The molecular formula is C14H16F2O3. The predicted octanol–water partition coefficient (Wildman–Crippen LogP) is 3.21. The van der Waals surface area contributed by atoms with Gasteiger partial charge in [0.15, 0.2) is 0 Å². The normalized spacial score (nSPS) is 20.0. The van der Waals surface area contributed by atoms with E-state index in [0.717, 1.165) is 12.0 Å². The first-order valence-electron chi connectivity index (χ1n) is 6.29. The fraction of sp³-hybridized carbons (Fsp3) is 0.500. The van der Waals surface area contributed by atoms with Gasteiger partial charge in [-0.15, -0.1) is 0 Å². The summed E-state index contributed by atoms with van der Waals surface area (Å²) in [7, 11) is 0. The molecule has 0 fully saturated rings. The van der Waals surface area contributed by atoms with Gasteiger partial charge in [-0.1, -0.05) is 13.0 Å². The maximum absolute atomic E-state index is 12.2. The molecule has 5 heteroatoms. The van der Waals surface area contributed by atoms with E-state index >= 15 is 0 Å². The number of aryl methyl sites for hydroxylation is 1. The van der Waals surface area contributed by atoms with Crippen molar-refractivity contribution in [3.8, 4) is 11.5 Å². The molecule has 0 spiro atoms. The molecule has 0 radical (unpaired) electrons. The first-order valence-corrected chi connectivity index (χ1v) is 6.29. The number of Topliss-reactive ketones (excluding diaryl/α,β-unsaturated/α-hetero) is 1. The summed E-state index contributed by atoms with van der Waals surface area (Å²) in [6, 6.07) is 4.68. The molecule has 1 aromatic rings. The van der Waals surface area contributed by atoms with Crippen molar-refractivity contribution in [2.75, 3.05) is 6.61 Å². The number of fused-ring (bicyclic) bond motifs is 1. The fourth-order valence-corrected chi connectivity index (χ4v) is 2.09. The third-order valence-corrected chi connectivity index (χ3v) is 3.27. The zero-order valence-corrected chi connectivity index (χ0v) is 10.7. The summed E-state index contributed by atoms with van der Waals surface area (Å²) < 4.78 is 34.2. The molecule has 19 heavy (non-hydrogen) atoms. The van der Waals surface area contributed by atoms with E-state index in [4.69, 9.17) is 4.74 Å². The molecule has 1 unspecified atom stereocenters. The Morgan fingerprint density at radius 1 is 1.37 bits per heavy atom. The fourth-order valence-electron chi connectivity index (χ4n) is 2.09. The molecule has 0 saturated heterocycles. The first-order chi connectivity index (χ1) is 9.06. The van der Waals surface area contributed by atoms with E-state index in [1.165, 1.54) is 12.1 Å². The van der Waals surface area contributed by atoms with Gasteiger partial charge in [-0.2, -0.15) is 8.78 Å². The molecule has 0 bridgehead atoms. The van der Waals surface area contributed by atoms with E-state index in [1.54, 1.807) is 6.07 Å². The summed E-state index contributed by atoms with van der Waals surface area (Å²) in [6.07, 6.45) is 1.78. The van der Waals surface area contributed by atoms with Crippen LogP contribution in [-0.4, -0.2) is 19.0 Å². The van der Waals surface area contributed by atoms with Crippen molar-refractivity contribution in [3.05, 3.63) is 23.8 Å². The van der Waals surface area contributed by atoms with Crippen LogP contribution < -0.4 is 9.47 Å². The molecule has 1 aromatic carbocycles. The van der Waals surface area contributed by atoms with Crippen molar-refractivity contribution in [2.24, 2.45) is 5.92 Å². The van der Waals surface area contributed by atoms with Gasteiger partial charge < -0.3 is 9.47 Å². The number of rotatable bonds is 2. The van der Waals surface area contributed by atoms with Crippen LogP contribution in [0.2, 0.25) is 0 Å². The van der Waals surface area contributed by atoms with Crippen LogP contribution in [0.5, 0.6) is 11.5 Å². The Bertz CT molecular complexity index is 460. The second-order valence-corrected chi connectivity index (χ2v) is 4.65. The van der Waals surface area contributed by atoms with Gasteiger partial charge in [-0.25, -0.2) is 0 Å². The third kappa shape index (κ3) is 3.66. The molecule has 2 rings (SSSR count). The monoisotopic (exact) mass is 270 g/mol. The highest BCUT2D eigenvalue weighted by atomic mass is 19.3. The van der Waals surface area contributed by atoms with Crippen molar-refractivity contribution < 1.29 is 23.0 Å². The van der Waals surface area contributed by atoms with Gasteiger partial charge in [0.05, 0.1) is 6.61 Å². The number of carbonyl (C=O) groups excluding carboxylic acids is 1. The largest absolute Gasteiger partial charge is 0.493 e. The van der Waals surface area contributed by atoms with Crippen molar-refractivity contribution >= 4 is 5.78 Å².